The molecule has 0 saturated heterocycles. The number of sulfonamides is 1. The molecule has 1 saturated carbocycles. The van der Waals surface area contributed by atoms with Crippen LogP contribution in [-0.2, 0) is 10.0 Å². The van der Waals surface area contributed by atoms with Gasteiger partial charge in [-0.25, -0.2) is 13.6 Å². The number of benzene rings is 1. The zero-order valence-corrected chi connectivity index (χ0v) is 12.2. The van der Waals surface area contributed by atoms with Crippen molar-refractivity contribution in [3.8, 4) is 0 Å². The SMILES string of the molecule is CN(C(=O)c1cc(S(N)(=O)=O)ccc1Br)C1CC1. The van der Waals surface area contributed by atoms with E-state index in [1.807, 2.05) is 0 Å². The maximum Gasteiger partial charge on any atom is 0.255 e. The summed E-state index contributed by atoms with van der Waals surface area (Å²) in [6, 6.07) is 4.46. The fraction of sp³-hybridized carbons (Fsp3) is 0.364. The van der Waals surface area contributed by atoms with Crippen LogP contribution in [0, 0.1) is 0 Å². The van der Waals surface area contributed by atoms with E-state index in [1.165, 1.54) is 18.2 Å². The Hall–Kier alpha value is -0.920. The minimum atomic E-state index is -3.80. The molecular formula is C11H13BrN2O3S. The Kier molecular flexibility index (Phi) is 3.48. The molecule has 2 rings (SSSR count). The number of nitrogens with two attached hydrogens (primary N) is 1. The van der Waals surface area contributed by atoms with Crippen molar-refractivity contribution in [3.63, 3.8) is 0 Å². The summed E-state index contributed by atoms with van der Waals surface area (Å²) in [6.45, 7) is 0. The summed E-state index contributed by atoms with van der Waals surface area (Å²) in [4.78, 5) is 13.8. The number of halogens is 1. The molecule has 7 heteroatoms. The Balaban J connectivity index is 2.40. The fourth-order valence-electron chi connectivity index (χ4n) is 1.66. The van der Waals surface area contributed by atoms with E-state index in [2.05, 4.69) is 15.9 Å². The fourth-order valence-corrected chi connectivity index (χ4v) is 2.62. The molecule has 2 N–H and O–H groups in total. The summed E-state index contributed by atoms with van der Waals surface area (Å²) < 4.78 is 23.1. The van der Waals surface area contributed by atoms with Crippen LogP contribution >= 0.6 is 15.9 Å². The maximum atomic E-state index is 12.2. The molecule has 1 aromatic carbocycles. The van der Waals surface area contributed by atoms with Crippen LogP contribution in [0.4, 0.5) is 0 Å². The molecule has 1 fully saturated rings. The van der Waals surface area contributed by atoms with Gasteiger partial charge in [0, 0.05) is 17.6 Å². The highest BCUT2D eigenvalue weighted by atomic mass is 79.9. The average molecular weight is 333 g/mol. The zero-order chi connectivity index (χ0) is 13.5. The molecule has 0 bridgehead atoms. The van der Waals surface area contributed by atoms with Gasteiger partial charge in [0.05, 0.1) is 10.5 Å². The predicted octanol–water partition coefficient (Wildman–Crippen LogP) is 1.33. The van der Waals surface area contributed by atoms with Gasteiger partial charge in [-0.15, -0.1) is 0 Å². The standard InChI is InChI=1S/C11H13BrN2O3S/c1-14(7-2-3-7)11(15)9-6-8(18(13,16)17)4-5-10(9)12/h4-7H,2-3H2,1H3,(H2,13,16,17). The van der Waals surface area contributed by atoms with Crippen LogP contribution in [0.15, 0.2) is 27.6 Å². The summed E-state index contributed by atoms with van der Waals surface area (Å²) in [7, 11) is -2.08. The topological polar surface area (TPSA) is 80.5 Å². The molecule has 0 aliphatic heterocycles. The third-order valence-corrected chi connectivity index (χ3v) is 4.51. The van der Waals surface area contributed by atoms with E-state index in [4.69, 9.17) is 5.14 Å². The number of carbonyl (C=O) groups excluding carboxylic acids is 1. The van der Waals surface area contributed by atoms with Gasteiger partial charge in [-0.05, 0) is 47.0 Å². The molecule has 1 amide bonds. The van der Waals surface area contributed by atoms with Gasteiger partial charge in [-0.3, -0.25) is 4.79 Å². The third-order valence-electron chi connectivity index (χ3n) is 2.91. The van der Waals surface area contributed by atoms with E-state index in [0.717, 1.165) is 12.8 Å². The lowest BCUT2D eigenvalue weighted by atomic mass is 10.2. The van der Waals surface area contributed by atoms with Gasteiger partial charge in [0.15, 0.2) is 0 Å². The number of amides is 1. The first-order chi connectivity index (χ1) is 8.30. The van der Waals surface area contributed by atoms with Gasteiger partial charge in [0.1, 0.15) is 0 Å². The van der Waals surface area contributed by atoms with E-state index >= 15 is 0 Å². The van der Waals surface area contributed by atoms with E-state index in [-0.39, 0.29) is 16.8 Å². The normalized spacial score (nSPS) is 15.5. The van der Waals surface area contributed by atoms with Gasteiger partial charge < -0.3 is 4.90 Å². The van der Waals surface area contributed by atoms with Crippen molar-refractivity contribution in [1.29, 1.82) is 0 Å². The van der Waals surface area contributed by atoms with Crippen LogP contribution in [0.25, 0.3) is 0 Å². The molecule has 0 radical (unpaired) electrons. The predicted molar refractivity (Wildman–Crippen MR) is 70.6 cm³/mol. The van der Waals surface area contributed by atoms with E-state index in [1.54, 1.807) is 11.9 Å². The van der Waals surface area contributed by atoms with Gasteiger partial charge in [0.2, 0.25) is 10.0 Å². The molecule has 0 spiro atoms. The molecule has 0 heterocycles. The minimum Gasteiger partial charge on any atom is -0.339 e. The number of carbonyl (C=O) groups is 1. The van der Waals surface area contributed by atoms with Gasteiger partial charge in [-0.2, -0.15) is 0 Å². The number of nitrogens with zero attached hydrogens (tertiary/aromatic N) is 1. The Bertz CT molecular complexity index is 596. The maximum absolute atomic E-state index is 12.2. The van der Waals surface area contributed by atoms with Crippen LogP contribution in [0.2, 0.25) is 0 Å². The molecule has 1 aromatic rings. The van der Waals surface area contributed by atoms with Crippen molar-refractivity contribution in [3.05, 3.63) is 28.2 Å². The second kappa shape index (κ2) is 4.64. The molecule has 0 unspecified atom stereocenters. The molecule has 0 aromatic heterocycles. The van der Waals surface area contributed by atoms with Crippen LogP contribution in [0.1, 0.15) is 23.2 Å². The first kappa shape index (κ1) is 13.5. The van der Waals surface area contributed by atoms with Crippen LogP contribution in [0.5, 0.6) is 0 Å². The van der Waals surface area contributed by atoms with Crippen molar-refractivity contribution in [2.75, 3.05) is 7.05 Å². The summed E-state index contributed by atoms with van der Waals surface area (Å²) in [5.41, 5.74) is 0.316. The first-order valence-electron chi connectivity index (χ1n) is 5.40. The van der Waals surface area contributed by atoms with Gasteiger partial charge >= 0.3 is 0 Å². The monoisotopic (exact) mass is 332 g/mol. The number of primary sulfonamides is 1. The van der Waals surface area contributed by atoms with Crippen molar-refractivity contribution in [2.24, 2.45) is 5.14 Å². The van der Waals surface area contributed by atoms with E-state index < -0.39 is 10.0 Å². The first-order valence-corrected chi connectivity index (χ1v) is 7.74. The third kappa shape index (κ3) is 2.73. The summed E-state index contributed by atoms with van der Waals surface area (Å²) in [6.07, 6.45) is 1.99. The Morgan fingerprint density at radius 1 is 1.44 bits per heavy atom. The van der Waals surface area contributed by atoms with Gasteiger partial charge in [-0.1, -0.05) is 0 Å². The smallest absolute Gasteiger partial charge is 0.255 e. The van der Waals surface area contributed by atoms with Crippen LogP contribution < -0.4 is 5.14 Å². The number of rotatable bonds is 3. The second-order valence-electron chi connectivity index (χ2n) is 4.33. The van der Waals surface area contributed by atoms with Crippen LogP contribution in [-0.4, -0.2) is 32.3 Å². The lowest BCUT2D eigenvalue weighted by molar-refractivity contribution is 0.0784. The Labute approximate surface area is 114 Å². The minimum absolute atomic E-state index is 0.0572. The van der Waals surface area contributed by atoms with E-state index in [0.29, 0.717) is 10.0 Å². The highest BCUT2D eigenvalue weighted by Crippen LogP contribution is 2.29. The van der Waals surface area contributed by atoms with Crippen LogP contribution in [0.3, 0.4) is 0 Å². The van der Waals surface area contributed by atoms with Crippen molar-refractivity contribution >= 4 is 31.9 Å². The lowest BCUT2D eigenvalue weighted by Gasteiger charge is -2.17. The number of hydrogen-bond acceptors (Lipinski definition) is 3. The van der Waals surface area contributed by atoms with Gasteiger partial charge in [0.25, 0.3) is 5.91 Å². The summed E-state index contributed by atoms with van der Waals surface area (Å²) in [5, 5.41) is 5.06. The molecule has 0 atom stereocenters. The second-order valence-corrected chi connectivity index (χ2v) is 6.75. The lowest BCUT2D eigenvalue weighted by Crippen LogP contribution is -2.29. The Morgan fingerprint density at radius 2 is 2.06 bits per heavy atom. The van der Waals surface area contributed by atoms with E-state index in [9.17, 15) is 13.2 Å². The quantitative estimate of drug-likeness (QED) is 0.906. The largest absolute Gasteiger partial charge is 0.339 e. The molecule has 18 heavy (non-hydrogen) atoms. The highest BCUT2D eigenvalue weighted by molar-refractivity contribution is 9.10. The molecule has 98 valence electrons. The van der Waals surface area contributed by atoms with Crippen molar-refractivity contribution < 1.29 is 13.2 Å². The molecule has 1 aliphatic carbocycles. The van der Waals surface area contributed by atoms with Crippen molar-refractivity contribution in [2.45, 2.75) is 23.8 Å². The molecule has 1 aliphatic rings. The molecular weight excluding hydrogens is 320 g/mol. The summed E-state index contributed by atoms with van der Waals surface area (Å²) in [5.74, 6) is -0.199. The number of hydrogen-bond donors (Lipinski definition) is 1. The Morgan fingerprint density at radius 3 is 2.56 bits per heavy atom. The summed E-state index contributed by atoms with van der Waals surface area (Å²) >= 11 is 3.25. The molecule has 5 nitrogen and oxygen atoms in total. The average Bonchev–Trinajstić information content (AvgIpc) is 3.10. The highest BCUT2D eigenvalue weighted by Gasteiger charge is 2.31. The van der Waals surface area contributed by atoms with Crippen molar-refractivity contribution in [1.82, 2.24) is 4.90 Å². The zero-order valence-electron chi connectivity index (χ0n) is 9.76.